The van der Waals surface area contributed by atoms with Crippen molar-refractivity contribution in [1.29, 1.82) is 0 Å². The van der Waals surface area contributed by atoms with Crippen LogP contribution in [0, 0.1) is 48.2 Å². The number of allylic oxidation sites excluding steroid dienone is 4. The molecule has 1 heteroatoms. The second-order valence-electron chi connectivity index (χ2n) is 18.2. The van der Waals surface area contributed by atoms with Gasteiger partial charge < -0.3 is 0 Å². The van der Waals surface area contributed by atoms with Crippen molar-refractivity contribution < 1.29 is 24.2 Å². The molecule has 48 heavy (non-hydrogen) atoms. The van der Waals surface area contributed by atoms with Crippen molar-refractivity contribution in [1.82, 2.24) is 0 Å². The SMILES string of the molecule is CC(C)(C)c1[c-]c2c(cc1)-c1ccc(C(C)(C)C)cc1C2.CC1=[C-]C(C)C=C1CC12CC3CC(CC(C3)C1)C2.Cc1ccc([CH]=[Zr+2])cc1. The number of hydrogen-bond acceptors (Lipinski definition) is 0. The molecule has 1 atom stereocenters. The second-order valence-corrected chi connectivity index (χ2v) is 18.9. The standard InChI is InChI=1S/C21H25.C18H25.C8H8.Zr/c1-20(2,3)16-7-9-18-14(12-16)11-15-13-17(21(4,5)6)8-10-19(15)18;1-12-3-13(2)17(4-12)11-18-8-14-5-15(9-18)7-16(6-14)10-18;1-7-3-5-8(2)6-4-7;/h7-10,12H,11H2,1-6H3;4,12,14-16H,5-11H2,1-2H3;1,3-6H,2H3;/q2*-1;;+2. The van der Waals surface area contributed by atoms with Crippen LogP contribution < -0.4 is 0 Å². The molecule has 0 radical (unpaired) electrons. The average molecular weight is 714 g/mol. The van der Waals surface area contributed by atoms with Crippen LogP contribution in [0.4, 0.5) is 0 Å². The second kappa shape index (κ2) is 13.9. The summed E-state index contributed by atoms with van der Waals surface area (Å²) in [5, 5.41) is 0. The summed E-state index contributed by atoms with van der Waals surface area (Å²) in [5.74, 6) is 3.82. The molecule has 0 heterocycles. The van der Waals surface area contributed by atoms with Crippen LogP contribution in [0.25, 0.3) is 11.1 Å². The Labute approximate surface area is 308 Å². The maximum absolute atomic E-state index is 3.67. The van der Waals surface area contributed by atoms with Crippen LogP contribution in [-0.4, -0.2) is 3.71 Å². The first-order valence-corrected chi connectivity index (χ1v) is 20.1. The van der Waals surface area contributed by atoms with Crippen molar-refractivity contribution >= 4 is 3.71 Å². The van der Waals surface area contributed by atoms with E-state index in [0.717, 1.165) is 24.2 Å². The van der Waals surface area contributed by atoms with Crippen molar-refractivity contribution in [2.75, 3.05) is 0 Å². The summed E-state index contributed by atoms with van der Waals surface area (Å²) in [4.78, 5) is 0. The monoisotopic (exact) mass is 712 g/mol. The first-order valence-electron chi connectivity index (χ1n) is 18.7. The molecule has 4 saturated carbocycles. The Morgan fingerprint density at radius 2 is 1.40 bits per heavy atom. The van der Waals surface area contributed by atoms with Gasteiger partial charge in [-0.05, 0) is 90.1 Å². The van der Waals surface area contributed by atoms with E-state index in [1.807, 2.05) is 0 Å². The van der Waals surface area contributed by atoms with Crippen LogP contribution >= 0.6 is 0 Å². The minimum atomic E-state index is 0.167. The van der Waals surface area contributed by atoms with E-state index in [2.05, 4.69) is 139 Å². The van der Waals surface area contributed by atoms with Gasteiger partial charge in [-0.15, -0.1) is 11.1 Å². The number of benzene rings is 3. The molecule has 0 nitrogen and oxygen atoms in total. The molecule has 9 rings (SSSR count). The van der Waals surface area contributed by atoms with Crippen molar-refractivity contribution in [3.8, 4) is 11.1 Å². The van der Waals surface area contributed by atoms with Gasteiger partial charge in [-0.25, -0.2) is 5.57 Å². The fourth-order valence-corrected chi connectivity index (χ4v) is 10.2. The Morgan fingerprint density at radius 1 is 0.792 bits per heavy atom. The van der Waals surface area contributed by atoms with Crippen molar-refractivity contribution in [3.63, 3.8) is 0 Å². The summed E-state index contributed by atoms with van der Waals surface area (Å²) in [6.45, 7) is 20.3. The molecule has 250 valence electrons. The van der Waals surface area contributed by atoms with E-state index >= 15 is 0 Å². The van der Waals surface area contributed by atoms with Gasteiger partial charge in [0.05, 0.1) is 0 Å². The van der Waals surface area contributed by atoms with Crippen molar-refractivity contribution in [2.24, 2.45) is 29.1 Å². The summed E-state index contributed by atoms with van der Waals surface area (Å²) in [6, 6.07) is 23.7. The third-order valence-electron chi connectivity index (χ3n) is 11.8. The van der Waals surface area contributed by atoms with E-state index in [0.29, 0.717) is 11.3 Å². The first kappa shape index (κ1) is 35.7. The molecule has 6 aliphatic rings. The topological polar surface area (TPSA) is 0 Å². The molecule has 4 bridgehead atoms. The molecular formula is C47H58Zr. The average Bonchev–Trinajstić information content (AvgIpc) is 3.53. The van der Waals surface area contributed by atoms with E-state index < -0.39 is 0 Å². The minimum absolute atomic E-state index is 0.167. The molecule has 0 N–H and O–H groups in total. The molecule has 0 amide bonds. The van der Waals surface area contributed by atoms with Gasteiger partial charge >= 0.3 is 70.3 Å². The summed E-state index contributed by atoms with van der Waals surface area (Å²) < 4.78 is 2.19. The number of aryl methyl sites for hydroxylation is 1. The van der Waals surface area contributed by atoms with E-state index in [1.54, 1.807) is 44.1 Å². The van der Waals surface area contributed by atoms with Crippen LogP contribution in [0.3, 0.4) is 0 Å². The van der Waals surface area contributed by atoms with Crippen LogP contribution in [0.5, 0.6) is 0 Å². The third kappa shape index (κ3) is 8.09. The molecule has 1 unspecified atom stereocenters. The van der Waals surface area contributed by atoms with Gasteiger partial charge in [0.25, 0.3) is 0 Å². The van der Waals surface area contributed by atoms with Gasteiger partial charge in [-0.1, -0.05) is 91.5 Å². The van der Waals surface area contributed by atoms with E-state index in [4.69, 9.17) is 0 Å². The van der Waals surface area contributed by atoms with Gasteiger partial charge in [0.2, 0.25) is 0 Å². The zero-order chi connectivity index (χ0) is 34.4. The Balaban J connectivity index is 0.000000135. The van der Waals surface area contributed by atoms with Gasteiger partial charge in [-0.3, -0.25) is 6.08 Å². The van der Waals surface area contributed by atoms with E-state index in [-0.39, 0.29) is 10.8 Å². The van der Waals surface area contributed by atoms with E-state index in [9.17, 15) is 0 Å². The van der Waals surface area contributed by atoms with Crippen molar-refractivity contribution in [3.05, 3.63) is 117 Å². The quantitative estimate of drug-likeness (QED) is 0.185. The fraction of sp³-hybridized carbons (Fsp3) is 0.511. The van der Waals surface area contributed by atoms with E-state index in [1.165, 1.54) is 80.7 Å². The van der Waals surface area contributed by atoms with Crippen LogP contribution in [-0.2, 0) is 41.5 Å². The summed E-state index contributed by atoms with van der Waals surface area (Å²) in [6.07, 6.45) is 17.8. The van der Waals surface area contributed by atoms with Crippen LogP contribution in [0.15, 0.2) is 71.8 Å². The summed E-state index contributed by atoms with van der Waals surface area (Å²) in [5.41, 5.74) is 15.2. The Morgan fingerprint density at radius 3 is 1.92 bits per heavy atom. The molecule has 3 aromatic carbocycles. The molecule has 0 saturated heterocycles. The maximum atomic E-state index is 3.67. The summed E-state index contributed by atoms with van der Waals surface area (Å²) in [7, 11) is 0. The van der Waals surface area contributed by atoms with Crippen LogP contribution in [0.2, 0.25) is 0 Å². The first-order chi connectivity index (χ1) is 22.6. The Bertz CT molecular complexity index is 1600. The molecule has 0 aromatic heterocycles. The predicted octanol–water partition coefficient (Wildman–Crippen LogP) is 12.3. The molecule has 3 aromatic rings. The number of rotatable bonds is 3. The number of hydrogen-bond donors (Lipinski definition) is 0. The molecule has 4 fully saturated rings. The van der Waals surface area contributed by atoms with Crippen LogP contribution in [0.1, 0.15) is 134 Å². The van der Waals surface area contributed by atoms with Gasteiger partial charge in [0, 0.05) is 0 Å². The normalized spacial score (nSPS) is 26.4. The zero-order valence-electron chi connectivity index (χ0n) is 31.3. The fourth-order valence-electron chi connectivity index (χ4n) is 9.70. The molecular weight excluding hydrogens is 656 g/mol. The van der Waals surface area contributed by atoms with Gasteiger partial charge in [0.15, 0.2) is 0 Å². The molecule has 0 spiro atoms. The Hall–Kier alpha value is -2.11. The zero-order valence-corrected chi connectivity index (χ0v) is 33.8. The number of fused-ring (bicyclic) bond motifs is 3. The van der Waals surface area contributed by atoms with Gasteiger partial charge in [0.1, 0.15) is 0 Å². The molecule has 0 aliphatic heterocycles. The molecule has 6 aliphatic carbocycles. The third-order valence-corrected chi connectivity index (χ3v) is 12.6. The van der Waals surface area contributed by atoms with Gasteiger partial charge in [-0.2, -0.15) is 35.4 Å². The Kier molecular flexibility index (Phi) is 10.3. The summed E-state index contributed by atoms with van der Waals surface area (Å²) >= 11 is 1.47. The predicted molar refractivity (Wildman–Crippen MR) is 202 cm³/mol. The van der Waals surface area contributed by atoms with Crippen molar-refractivity contribution in [2.45, 2.75) is 125 Å².